The number of phosphoric ester groups is 1. The molecule has 358 valence electrons. The number of hydrogen-bond donors (Lipinski definition) is 1. The molecule has 15 heteroatoms. The van der Waals surface area contributed by atoms with Crippen molar-refractivity contribution in [3.63, 3.8) is 0 Å². The summed E-state index contributed by atoms with van der Waals surface area (Å²) in [7, 11) is -4.37. The molecule has 6 atom stereocenters. The van der Waals surface area contributed by atoms with Crippen molar-refractivity contribution in [1.82, 2.24) is 19.5 Å². The molecule has 5 heterocycles. The zero-order valence-electron chi connectivity index (χ0n) is 39.2. The van der Waals surface area contributed by atoms with Crippen molar-refractivity contribution >= 4 is 30.8 Å². The first-order valence-electron chi connectivity index (χ1n) is 24.3. The number of benzene rings is 2. The van der Waals surface area contributed by atoms with Crippen LogP contribution < -0.4 is 10.3 Å². The van der Waals surface area contributed by atoms with Crippen LogP contribution >= 0.6 is 19.4 Å². The Morgan fingerprint density at radius 1 is 0.785 bits per heavy atom. The third-order valence-electron chi connectivity index (χ3n) is 13.1. The molecule has 0 spiro atoms. The highest BCUT2D eigenvalue weighted by Crippen LogP contribution is 2.54. The maximum absolute atomic E-state index is 14.9. The van der Waals surface area contributed by atoms with Crippen molar-refractivity contribution < 1.29 is 37.1 Å². The molecular formula is C50H73ClN5O8P. The van der Waals surface area contributed by atoms with Crippen molar-refractivity contribution in [2.45, 2.75) is 179 Å². The second-order valence-corrected chi connectivity index (χ2v) is 20.7. The van der Waals surface area contributed by atoms with Crippen molar-refractivity contribution in [1.29, 1.82) is 0 Å². The maximum Gasteiger partial charge on any atom is 0.530 e. The third kappa shape index (κ3) is 13.3. The van der Waals surface area contributed by atoms with Gasteiger partial charge in [-0.05, 0) is 62.6 Å². The van der Waals surface area contributed by atoms with Gasteiger partial charge in [-0.1, -0.05) is 151 Å². The number of unbranched alkanes of at least 4 members (excludes halogenated alkanes) is 15. The Bertz CT molecular complexity index is 2120. The van der Waals surface area contributed by atoms with E-state index in [0.29, 0.717) is 30.2 Å². The molecule has 0 aliphatic carbocycles. The lowest BCUT2D eigenvalue weighted by atomic mass is 9.93. The average molecular weight is 939 g/mol. The van der Waals surface area contributed by atoms with Crippen LogP contribution in [0.1, 0.15) is 147 Å². The third-order valence-corrected chi connectivity index (χ3v) is 14.8. The van der Waals surface area contributed by atoms with Crippen molar-refractivity contribution in [2.24, 2.45) is 0 Å². The number of rotatable bonds is 29. The molecule has 0 amide bonds. The molecule has 3 aliphatic heterocycles. The van der Waals surface area contributed by atoms with Gasteiger partial charge in [-0.15, -0.1) is 0 Å². The van der Waals surface area contributed by atoms with E-state index in [-0.39, 0.29) is 30.0 Å². The van der Waals surface area contributed by atoms with Crippen LogP contribution in [0.5, 0.6) is 5.75 Å². The van der Waals surface area contributed by atoms with Gasteiger partial charge >= 0.3 is 7.82 Å². The topological polar surface area (TPSA) is 141 Å². The Morgan fingerprint density at radius 2 is 1.40 bits per heavy atom. The van der Waals surface area contributed by atoms with E-state index >= 15 is 0 Å². The van der Waals surface area contributed by atoms with Gasteiger partial charge < -0.3 is 29.2 Å². The number of anilines is 1. The first-order chi connectivity index (χ1) is 31.5. The summed E-state index contributed by atoms with van der Waals surface area (Å²) >= 11 is 6.55. The molecule has 2 N–H and O–H groups in total. The van der Waals surface area contributed by atoms with Crippen LogP contribution in [-0.4, -0.2) is 76.1 Å². The van der Waals surface area contributed by atoms with E-state index in [1.807, 2.05) is 32.9 Å². The highest BCUT2D eigenvalue weighted by Gasteiger charge is 2.62. The van der Waals surface area contributed by atoms with E-state index in [0.717, 1.165) is 25.9 Å². The van der Waals surface area contributed by atoms with Gasteiger partial charge in [0.05, 0.1) is 36.6 Å². The number of aromatic nitrogens is 3. The molecule has 65 heavy (non-hydrogen) atoms. The number of halogens is 1. The molecule has 0 radical (unpaired) electrons. The molecule has 2 aromatic heterocycles. The summed E-state index contributed by atoms with van der Waals surface area (Å²) < 4.78 is 61.4. The Morgan fingerprint density at radius 3 is 2.05 bits per heavy atom. The largest absolute Gasteiger partial charge is 0.530 e. The molecular weight excluding hydrogens is 865 g/mol. The normalized spacial score (nSPS) is 22.9. The van der Waals surface area contributed by atoms with Gasteiger partial charge in [0.1, 0.15) is 41.5 Å². The number of nitrogens with two attached hydrogens (primary N) is 1. The Hall–Kier alpha value is -3.10. The van der Waals surface area contributed by atoms with E-state index in [1.165, 1.54) is 107 Å². The summed E-state index contributed by atoms with van der Waals surface area (Å²) in [4.78, 5) is 6.45. The van der Waals surface area contributed by atoms with Gasteiger partial charge in [0.15, 0.2) is 11.6 Å². The van der Waals surface area contributed by atoms with Crippen molar-refractivity contribution in [3.05, 3.63) is 88.8 Å². The predicted octanol–water partition coefficient (Wildman–Crippen LogP) is 12.0. The maximum atomic E-state index is 14.9. The predicted molar refractivity (Wildman–Crippen MR) is 255 cm³/mol. The molecule has 2 aromatic carbocycles. The second-order valence-electron chi connectivity index (χ2n) is 18.7. The highest BCUT2D eigenvalue weighted by molar-refractivity contribution is 7.49. The SMILES string of the molecule is CCCCCCCCCCCCCCCCCCOC[C@H](COP(=O)(OC[C@H]1O[C@@](C)(c2ccc3c(N)ncnn23)[C@@H]2OC(C)(C)O[C@@H]21)Oc1ccccc1Cl)N1Cc2ccccc2C1. The summed E-state index contributed by atoms with van der Waals surface area (Å²) in [5, 5.41) is 4.74. The number of hydrogen-bond acceptors (Lipinski definition) is 12. The Kier molecular flexibility index (Phi) is 18.2. The van der Waals surface area contributed by atoms with E-state index in [2.05, 4.69) is 46.2 Å². The minimum atomic E-state index is -4.37. The zero-order valence-corrected chi connectivity index (χ0v) is 40.8. The Balaban J connectivity index is 0.942. The summed E-state index contributed by atoms with van der Waals surface area (Å²) in [6, 6.07) is 18.7. The minimum Gasteiger partial charge on any atom is -0.402 e. The van der Waals surface area contributed by atoms with Gasteiger partial charge in [0.25, 0.3) is 0 Å². The quantitative estimate of drug-likeness (QED) is 0.0409. The Labute approximate surface area is 391 Å². The first-order valence-corrected chi connectivity index (χ1v) is 26.2. The van der Waals surface area contributed by atoms with Crippen LogP contribution in [0.4, 0.5) is 5.82 Å². The van der Waals surface area contributed by atoms with Gasteiger partial charge in [0.2, 0.25) is 0 Å². The number of fused-ring (bicyclic) bond motifs is 3. The molecule has 13 nitrogen and oxygen atoms in total. The average Bonchev–Trinajstić information content (AvgIpc) is 4.06. The summed E-state index contributed by atoms with van der Waals surface area (Å²) in [5.74, 6) is -0.415. The van der Waals surface area contributed by atoms with E-state index in [1.54, 1.807) is 28.8 Å². The molecule has 2 saturated heterocycles. The van der Waals surface area contributed by atoms with Crippen LogP contribution in [0, 0.1) is 0 Å². The molecule has 0 bridgehead atoms. The monoisotopic (exact) mass is 937 g/mol. The fourth-order valence-electron chi connectivity index (χ4n) is 9.52. The smallest absolute Gasteiger partial charge is 0.402 e. The van der Waals surface area contributed by atoms with Crippen LogP contribution in [0.2, 0.25) is 5.02 Å². The summed E-state index contributed by atoms with van der Waals surface area (Å²) in [5.41, 5.74) is 8.97. The standard InChI is InChI=1S/C50H73ClN5O8P/c1-5-6-7-8-9-10-11-12-13-14-15-16-17-18-19-24-31-58-34-40(55-32-38-25-20-21-26-39(38)33-55)35-59-65(57,64-43-28-23-22-27-41(43)51)60-36-44-46-47(63-49(2,3)62-46)50(4,61-44)45-30-29-42-48(52)53-37-54-56(42)45/h20-23,25-30,37,40,44,46-47H,5-19,24,31-36H2,1-4H3,(H2,52,53,54)/t40-,44-,46-,47-,50+,65?/m1/s1. The van der Waals surface area contributed by atoms with Crippen LogP contribution in [0.25, 0.3) is 5.52 Å². The van der Waals surface area contributed by atoms with Crippen LogP contribution in [-0.2, 0) is 51.3 Å². The van der Waals surface area contributed by atoms with Crippen molar-refractivity contribution in [3.8, 4) is 5.75 Å². The molecule has 0 saturated carbocycles. The first kappa shape index (κ1) is 49.8. The van der Waals surface area contributed by atoms with E-state index in [9.17, 15) is 4.57 Å². The lowest BCUT2D eigenvalue weighted by Crippen LogP contribution is -2.39. The second kappa shape index (κ2) is 23.8. The minimum absolute atomic E-state index is 0.0217. The van der Waals surface area contributed by atoms with Gasteiger partial charge in [0, 0.05) is 19.7 Å². The number of phosphoric acid groups is 1. The molecule has 7 rings (SSSR count). The van der Waals surface area contributed by atoms with E-state index in [4.69, 9.17) is 49.9 Å². The van der Waals surface area contributed by atoms with Crippen LogP contribution in [0.3, 0.4) is 0 Å². The number of nitrogen functional groups attached to an aromatic ring is 1. The molecule has 1 unspecified atom stereocenters. The summed E-state index contributed by atoms with van der Waals surface area (Å²) in [6.07, 6.45) is 20.6. The summed E-state index contributed by atoms with van der Waals surface area (Å²) in [6.45, 7) is 10.2. The zero-order chi connectivity index (χ0) is 45.7. The number of ether oxygens (including phenoxy) is 4. The lowest BCUT2D eigenvalue weighted by Gasteiger charge is -2.31. The van der Waals surface area contributed by atoms with Crippen molar-refractivity contribution in [2.75, 3.05) is 32.2 Å². The molecule has 3 aliphatic rings. The fraction of sp³-hybridized carbons (Fsp3) is 0.640. The van der Waals surface area contributed by atoms with Gasteiger partial charge in [-0.3, -0.25) is 13.9 Å². The highest BCUT2D eigenvalue weighted by atomic mass is 35.5. The number of nitrogens with zero attached hydrogens (tertiary/aromatic N) is 4. The fourth-order valence-corrected chi connectivity index (χ4v) is 11.0. The van der Waals surface area contributed by atoms with Gasteiger partial charge in [-0.25, -0.2) is 14.1 Å². The molecule has 2 fully saturated rings. The lowest BCUT2D eigenvalue weighted by molar-refractivity contribution is -0.212. The van der Waals surface area contributed by atoms with Crippen LogP contribution in [0.15, 0.2) is 67.0 Å². The number of para-hydroxylation sites is 1. The molecule has 4 aromatic rings. The van der Waals surface area contributed by atoms with Gasteiger partial charge in [-0.2, -0.15) is 5.10 Å². The van der Waals surface area contributed by atoms with E-state index < -0.39 is 37.5 Å².